The molecule has 2 N–H and O–H groups in total. The van der Waals surface area contributed by atoms with E-state index in [1.165, 1.54) is 28.7 Å². The lowest BCUT2D eigenvalue weighted by molar-refractivity contribution is -0.111. The number of carbonyl (C=O) groups excluding carboxylic acids is 1. The number of aromatic nitrogens is 2. The molecular weight excluding hydrogens is 471 g/mol. The molecule has 0 aliphatic carbocycles. The van der Waals surface area contributed by atoms with Crippen LogP contribution in [0.3, 0.4) is 0 Å². The fraction of sp³-hybridized carbons (Fsp3) is 0.0455. The molecule has 0 aliphatic heterocycles. The molecule has 4 aromatic rings. The summed E-state index contributed by atoms with van der Waals surface area (Å²) < 4.78 is 0. The van der Waals surface area contributed by atoms with Gasteiger partial charge < -0.3 is 5.32 Å². The van der Waals surface area contributed by atoms with E-state index in [4.69, 9.17) is 23.2 Å². The van der Waals surface area contributed by atoms with Crippen LogP contribution in [0.4, 0.5) is 10.3 Å². The van der Waals surface area contributed by atoms with E-state index in [1.807, 2.05) is 66.2 Å². The van der Waals surface area contributed by atoms with Gasteiger partial charge in [-0.3, -0.25) is 10.1 Å². The van der Waals surface area contributed by atoms with Crippen LogP contribution in [-0.2, 0) is 4.79 Å². The number of hydrogen-bond acceptors (Lipinski definition) is 6. The number of hydrogen-bond donors (Lipinski definition) is 2. The third-order valence-electron chi connectivity index (χ3n) is 4.17. The fourth-order valence-corrected chi connectivity index (χ4v) is 4.47. The minimum atomic E-state index is -0.267. The van der Waals surface area contributed by atoms with Gasteiger partial charge in [-0.25, -0.2) is 9.97 Å². The van der Waals surface area contributed by atoms with Crippen molar-refractivity contribution in [3.8, 4) is 22.5 Å². The molecule has 0 saturated heterocycles. The number of anilines is 2. The highest BCUT2D eigenvalue weighted by atomic mass is 35.5. The first-order valence-electron chi connectivity index (χ1n) is 9.15. The smallest absolute Gasteiger partial charge is 0.251 e. The zero-order chi connectivity index (χ0) is 21.8. The highest BCUT2D eigenvalue weighted by molar-refractivity contribution is 7.14. The quantitative estimate of drug-likeness (QED) is 0.283. The number of nitrogens with one attached hydrogen (secondary N) is 2. The standard InChI is InChI=1S/C22H16Cl2N4OS2/c1-13(25-21-26-18(11-30-21)14-2-6-16(23)7-3-14)10-20(29)28-22-27-19(12-31-22)15-4-8-17(24)9-5-15/h2-12H,1H3,(H,25,26)(H,27,28,29)/b13-10-. The third kappa shape index (κ3) is 5.71. The predicted octanol–water partition coefficient (Wildman–Crippen LogP) is 7.19. The summed E-state index contributed by atoms with van der Waals surface area (Å²) in [5, 5.41) is 12.4. The Bertz CT molecular complexity index is 1230. The van der Waals surface area contributed by atoms with E-state index in [9.17, 15) is 4.79 Å². The van der Waals surface area contributed by atoms with Gasteiger partial charge in [-0.1, -0.05) is 47.5 Å². The van der Waals surface area contributed by atoms with Gasteiger partial charge >= 0.3 is 0 Å². The highest BCUT2D eigenvalue weighted by Gasteiger charge is 2.09. The van der Waals surface area contributed by atoms with Crippen molar-refractivity contribution >= 4 is 62.0 Å². The maximum Gasteiger partial charge on any atom is 0.251 e. The lowest BCUT2D eigenvalue weighted by Gasteiger charge is -2.03. The van der Waals surface area contributed by atoms with Gasteiger partial charge in [0.25, 0.3) is 5.91 Å². The van der Waals surface area contributed by atoms with Gasteiger partial charge in [0.1, 0.15) is 0 Å². The van der Waals surface area contributed by atoms with E-state index >= 15 is 0 Å². The number of nitrogens with zero attached hydrogens (tertiary/aromatic N) is 2. The molecule has 2 aromatic carbocycles. The van der Waals surface area contributed by atoms with Crippen LogP contribution in [0, 0.1) is 0 Å². The van der Waals surface area contributed by atoms with Gasteiger partial charge in [-0.2, -0.15) is 0 Å². The van der Waals surface area contributed by atoms with Crippen LogP contribution in [0.15, 0.2) is 71.1 Å². The average Bonchev–Trinajstić information content (AvgIpc) is 3.39. The summed E-state index contributed by atoms with van der Waals surface area (Å²) in [7, 11) is 0. The Balaban J connectivity index is 1.37. The molecule has 1 amide bonds. The van der Waals surface area contributed by atoms with Crippen molar-refractivity contribution in [1.82, 2.24) is 9.97 Å². The fourth-order valence-electron chi connectivity index (χ4n) is 2.71. The summed E-state index contributed by atoms with van der Waals surface area (Å²) in [5.41, 5.74) is 4.22. The first-order chi connectivity index (χ1) is 15.0. The summed E-state index contributed by atoms with van der Waals surface area (Å²) >= 11 is 14.7. The van der Waals surface area contributed by atoms with Gasteiger partial charge in [0.15, 0.2) is 10.3 Å². The number of halogens is 2. The van der Waals surface area contributed by atoms with Crippen molar-refractivity contribution in [3.63, 3.8) is 0 Å². The number of carbonyl (C=O) groups is 1. The van der Waals surface area contributed by atoms with Crippen LogP contribution >= 0.6 is 45.9 Å². The molecule has 31 heavy (non-hydrogen) atoms. The third-order valence-corrected chi connectivity index (χ3v) is 6.19. The summed E-state index contributed by atoms with van der Waals surface area (Å²) in [5.74, 6) is -0.267. The maximum atomic E-state index is 12.4. The van der Waals surface area contributed by atoms with Gasteiger partial charge in [0, 0.05) is 43.7 Å². The SMILES string of the molecule is C/C(=C/C(=O)Nc1nc(-c2ccc(Cl)cc2)cs1)Nc1nc(-c2ccc(Cl)cc2)cs1. The van der Waals surface area contributed by atoms with Crippen molar-refractivity contribution in [2.24, 2.45) is 0 Å². The lowest BCUT2D eigenvalue weighted by Crippen LogP contribution is -2.10. The summed E-state index contributed by atoms with van der Waals surface area (Å²) in [6.45, 7) is 1.81. The van der Waals surface area contributed by atoms with E-state index in [2.05, 4.69) is 20.6 Å². The molecule has 0 fully saturated rings. The molecule has 2 aromatic heterocycles. The summed E-state index contributed by atoms with van der Waals surface area (Å²) in [6.07, 6.45) is 1.48. The van der Waals surface area contributed by atoms with E-state index in [0.717, 1.165) is 22.5 Å². The normalized spacial score (nSPS) is 11.4. The van der Waals surface area contributed by atoms with Gasteiger partial charge in [-0.15, -0.1) is 22.7 Å². The van der Waals surface area contributed by atoms with Gasteiger partial charge in [-0.05, 0) is 31.2 Å². The van der Waals surface area contributed by atoms with Crippen LogP contribution in [0.5, 0.6) is 0 Å². The van der Waals surface area contributed by atoms with Gasteiger partial charge in [0.2, 0.25) is 0 Å². The first kappa shape index (κ1) is 21.5. The maximum absolute atomic E-state index is 12.4. The Morgan fingerprint density at radius 2 is 1.26 bits per heavy atom. The Morgan fingerprint density at radius 1 is 0.806 bits per heavy atom. The molecule has 156 valence electrons. The van der Waals surface area contributed by atoms with E-state index in [0.29, 0.717) is 26.0 Å². The molecule has 0 unspecified atom stereocenters. The lowest BCUT2D eigenvalue weighted by atomic mass is 10.2. The number of amides is 1. The summed E-state index contributed by atoms with van der Waals surface area (Å²) in [6, 6.07) is 14.9. The Morgan fingerprint density at radius 3 is 1.74 bits per heavy atom. The second-order valence-electron chi connectivity index (χ2n) is 6.53. The van der Waals surface area contributed by atoms with Crippen molar-refractivity contribution in [2.75, 3.05) is 10.6 Å². The number of rotatable bonds is 6. The monoisotopic (exact) mass is 486 g/mol. The number of thiazole rings is 2. The van der Waals surface area contributed by atoms with E-state index < -0.39 is 0 Å². The molecule has 5 nitrogen and oxygen atoms in total. The van der Waals surface area contributed by atoms with Crippen LogP contribution < -0.4 is 10.6 Å². The Kier molecular flexibility index (Phi) is 6.67. The summed E-state index contributed by atoms with van der Waals surface area (Å²) in [4.78, 5) is 21.4. The molecule has 4 rings (SSSR count). The second kappa shape index (κ2) is 9.62. The Labute approximate surface area is 197 Å². The second-order valence-corrected chi connectivity index (χ2v) is 9.12. The zero-order valence-electron chi connectivity index (χ0n) is 16.2. The van der Waals surface area contributed by atoms with Crippen LogP contribution in [0.25, 0.3) is 22.5 Å². The zero-order valence-corrected chi connectivity index (χ0v) is 19.4. The van der Waals surface area contributed by atoms with E-state index in [1.54, 1.807) is 0 Å². The van der Waals surface area contributed by atoms with E-state index in [-0.39, 0.29) is 5.91 Å². The molecule has 2 heterocycles. The minimum Gasteiger partial charge on any atom is -0.335 e. The topological polar surface area (TPSA) is 66.9 Å². The molecule has 0 spiro atoms. The number of benzene rings is 2. The first-order valence-corrected chi connectivity index (χ1v) is 11.7. The van der Waals surface area contributed by atoms with Gasteiger partial charge in [0.05, 0.1) is 11.4 Å². The Hall–Kier alpha value is -2.71. The van der Waals surface area contributed by atoms with Crippen LogP contribution in [0.2, 0.25) is 10.0 Å². The largest absolute Gasteiger partial charge is 0.335 e. The minimum absolute atomic E-state index is 0.267. The number of allylic oxidation sites excluding steroid dienone is 1. The predicted molar refractivity (Wildman–Crippen MR) is 131 cm³/mol. The van der Waals surface area contributed by atoms with Crippen molar-refractivity contribution in [1.29, 1.82) is 0 Å². The van der Waals surface area contributed by atoms with Crippen molar-refractivity contribution in [2.45, 2.75) is 6.92 Å². The van der Waals surface area contributed by atoms with Crippen LogP contribution in [0.1, 0.15) is 6.92 Å². The molecule has 0 saturated carbocycles. The average molecular weight is 487 g/mol. The molecular formula is C22H16Cl2N4OS2. The molecule has 0 atom stereocenters. The molecule has 9 heteroatoms. The van der Waals surface area contributed by atoms with Crippen molar-refractivity contribution in [3.05, 3.63) is 81.1 Å². The van der Waals surface area contributed by atoms with Crippen LogP contribution in [-0.4, -0.2) is 15.9 Å². The molecule has 0 radical (unpaired) electrons. The van der Waals surface area contributed by atoms with Crippen molar-refractivity contribution < 1.29 is 4.79 Å². The highest BCUT2D eigenvalue weighted by Crippen LogP contribution is 2.27. The molecule has 0 aliphatic rings. The molecule has 0 bridgehead atoms.